The number of carbonyl (C=O) groups is 1. The third-order valence-electron chi connectivity index (χ3n) is 4.24. The van der Waals surface area contributed by atoms with Crippen LogP contribution in [-0.4, -0.2) is 24.8 Å². The molecule has 2 aromatic rings. The standard InChI is InChI=1S/C20H19ClN2O2S/c21-18-5-6-19-16(10-18)9-17(12-25-19)20(24)23-7-8-26-13-15-4-2-1-3-14(15)11-22/h1-6,10,17H,7-9,12-13H2,(H,23,24)/t17-/m1/s1. The number of rotatable bonds is 6. The van der Waals surface area contributed by atoms with Gasteiger partial charge in [-0.1, -0.05) is 29.8 Å². The van der Waals surface area contributed by atoms with Crippen LogP contribution in [0.1, 0.15) is 16.7 Å². The molecule has 1 heterocycles. The highest BCUT2D eigenvalue weighted by Gasteiger charge is 2.25. The van der Waals surface area contributed by atoms with Crippen molar-refractivity contribution in [2.45, 2.75) is 12.2 Å². The molecule has 0 radical (unpaired) electrons. The Morgan fingerprint density at radius 1 is 1.35 bits per heavy atom. The molecule has 4 nitrogen and oxygen atoms in total. The second-order valence-corrected chi connectivity index (χ2v) is 7.62. The van der Waals surface area contributed by atoms with Gasteiger partial charge in [0, 0.05) is 23.1 Å². The number of hydrogen-bond donors (Lipinski definition) is 1. The van der Waals surface area contributed by atoms with E-state index in [4.69, 9.17) is 21.6 Å². The first-order chi connectivity index (χ1) is 12.7. The van der Waals surface area contributed by atoms with Gasteiger partial charge in [-0.2, -0.15) is 17.0 Å². The minimum Gasteiger partial charge on any atom is -0.492 e. The highest BCUT2D eigenvalue weighted by Crippen LogP contribution is 2.29. The number of carbonyl (C=O) groups excluding carboxylic acids is 1. The van der Waals surface area contributed by atoms with Gasteiger partial charge in [-0.05, 0) is 41.8 Å². The van der Waals surface area contributed by atoms with E-state index in [1.54, 1.807) is 17.8 Å². The zero-order valence-electron chi connectivity index (χ0n) is 14.2. The maximum atomic E-state index is 12.3. The van der Waals surface area contributed by atoms with Crippen LogP contribution >= 0.6 is 23.4 Å². The van der Waals surface area contributed by atoms with Gasteiger partial charge in [0.05, 0.1) is 17.6 Å². The summed E-state index contributed by atoms with van der Waals surface area (Å²) in [5.41, 5.74) is 2.72. The lowest BCUT2D eigenvalue weighted by atomic mass is 9.96. The Morgan fingerprint density at radius 2 is 2.19 bits per heavy atom. The SMILES string of the molecule is N#Cc1ccccc1CSCCNC(=O)[C@H]1COc2ccc(Cl)cc2C1. The lowest BCUT2D eigenvalue weighted by molar-refractivity contribution is -0.126. The third-order valence-corrected chi connectivity index (χ3v) is 5.48. The molecule has 3 rings (SSSR count). The fourth-order valence-electron chi connectivity index (χ4n) is 2.86. The van der Waals surface area contributed by atoms with Gasteiger partial charge in [0.1, 0.15) is 12.4 Å². The largest absolute Gasteiger partial charge is 0.492 e. The Labute approximate surface area is 162 Å². The molecule has 1 atom stereocenters. The number of ether oxygens (including phenoxy) is 1. The number of nitrogens with one attached hydrogen (secondary N) is 1. The van der Waals surface area contributed by atoms with Crippen molar-refractivity contribution in [3.8, 4) is 11.8 Å². The molecule has 0 saturated carbocycles. The van der Waals surface area contributed by atoms with Crippen molar-refractivity contribution in [1.82, 2.24) is 5.32 Å². The van der Waals surface area contributed by atoms with Crippen molar-refractivity contribution in [2.75, 3.05) is 18.9 Å². The second-order valence-electron chi connectivity index (χ2n) is 6.08. The van der Waals surface area contributed by atoms with Gasteiger partial charge in [-0.3, -0.25) is 4.79 Å². The van der Waals surface area contributed by atoms with Crippen molar-refractivity contribution in [3.05, 3.63) is 64.2 Å². The summed E-state index contributed by atoms with van der Waals surface area (Å²) in [5, 5.41) is 12.7. The summed E-state index contributed by atoms with van der Waals surface area (Å²) in [7, 11) is 0. The van der Waals surface area contributed by atoms with Gasteiger partial charge in [0.2, 0.25) is 5.91 Å². The lowest BCUT2D eigenvalue weighted by Crippen LogP contribution is -2.38. The van der Waals surface area contributed by atoms with Crippen molar-refractivity contribution >= 4 is 29.3 Å². The molecule has 134 valence electrons. The summed E-state index contributed by atoms with van der Waals surface area (Å²) >= 11 is 7.72. The molecule has 1 aliphatic rings. The molecule has 26 heavy (non-hydrogen) atoms. The predicted octanol–water partition coefficient (Wildman–Crippen LogP) is 3.81. The van der Waals surface area contributed by atoms with Crippen molar-refractivity contribution in [2.24, 2.45) is 5.92 Å². The Balaban J connectivity index is 1.42. The van der Waals surface area contributed by atoms with E-state index in [-0.39, 0.29) is 11.8 Å². The zero-order chi connectivity index (χ0) is 18.4. The Kier molecular flexibility index (Phi) is 6.43. The summed E-state index contributed by atoms with van der Waals surface area (Å²) in [6.07, 6.45) is 0.643. The van der Waals surface area contributed by atoms with Gasteiger partial charge in [0.15, 0.2) is 0 Å². The first kappa shape index (κ1) is 18.6. The van der Waals surface area contributed by atoms with Crippen LogP contribution in [0.25, 0.3) is 0 Å². The topological polar surface area (TPSA) is 62.1 Å². The first-order valence-corrected chi connectivity index (χ1v) is 9.95. The van der Waals surface area contributed by atoms with E-state index in [2.05, 4.69) is 11.4 Å². The van der Waals surface area contributed by atoms with Crippen LogP contribution in [0.15, 0.2) is 42.5 Å². The fraction of sp³-hybridized carbons (Fsp3) is 0.300. The maximum Gasteiger partial charge on any atom is 0.226 e. The Morgan fingerprint density at radius 3 is 3.04 bits per heavy atom. The van der Waals surface area contributed by atoms with Gasteiger partial charge >= 0.3 is 0 Å². The lowest BCUT2D eigenvalue weighted by Gasteiger charge is -2.24. The average Bonchev–Trinajstić information content (AvgIpc) is 2.67. The average molecular weight is 387 g/mol. The maximum absolute atomic E-state index is 12.3. The van der Waals surface area contributed by atoms with Gasteiger partial charge in [-0.25, -0.2) is 0 Å². The van der Waals surface area contributed by atoms with Gasteiger partial charge in [-0.15, -0.1) is 0 Å². The van der Waals surface area contributed by atoms with Crippen LogP contribution in [0.5, 0.6) is 5.75 Å². The van der Waals surface area contributed by atoms with Crippen LogP contribution in [0, 0.1) is 17.2 Å². The molecule has 0 spiro atoms. The van der Waals surface area contributed by atoms with E-state index in [1.807, 2.05) is 36.4 Å². The molecule has 0 aliphatic carbocycles. The Bertz CT molecular complexity index is 835. The molecular formula is C20H19ClN2O2S. The quantitative estimate of drug-likeness (QED) is 0.767. The summed E-state index contributed by atoms with van der Waals surface area (Å²) in [6.45, 7) is 0.986. The third kappa shape index (κ3) is 4.72. The minimum absolute atomic E-state index is 0.00801. The number of halogens is 1. The van der Waals surface area contributed by atoms with Crippen LogP contribution in [0.3, 0.4) is 0 Å². The highest BCUT2D eigenvalue weighted by atomic mass is 35.5. The molecule has 6 heteroatoms. The molecule has 1 amide bonds. The van der Waals surface area contributed by atoms with Crippen molar-refractivity contribution in [1.29, 1.82) is 5.26 Å². The summed E-state index contributed by atoms with van der Waals surface area (Å²) in [5.74, 6) is 2.18. The molecule has 0 unspecified atom stereocenters. The minimum atomic E-state index is -0.190. The molecule has 0 saturated heterocycles. The summed E-state index contributed by atoms with van der Waals surface area (Å²) in [4.78, 5) is 12.3. The van der Waals surface area contributed by atoms with E-state index in [0.717, 1.165) is 28.4 Å². The van der Waals surface area contributed by atoms with Crippen LogP contribution in [0.4, 0.5) is 0 Å². The molecule has 1 aliphatic heterocycles. The fourth-order valence-corrected chi connectivity index (χ4v) is 3.92. The molecule has 2 aromatic carbocycles. The van der Waals surface area contributed by atoms with E-state index >= 15 is 0 Å². The monoisotopic (exact) mass is 386 g/mol. The molecule has 0 fully saturated rings. The van der Waals surface area contributed by atoms with E-state index < -0.39 is 0 Å². The Hall–Kier alpha value is -2.16. The highest BCUT2D eigenvalue weighted by molar-refractivity contribution is 7.98. The summed E-state index contributed by atoms with van der Waals surface area (Å²) in [6, 6.07) is 15.3. The van der Waals surface area contributed by atoms with Crippen LogP contribution in [0.2, 0.25) is 5.02 Å². The first-order valence-electron chi connectivity index (χ1n) is 8.42. The van der Waals surface area contributed by atoms with E-state index in [9.17, 15) is 4.79 Å². The van der Waals surface area contributed by atoms with Gasteiger partial charge in [0.25, 0.3) is 0 Å². The predicted molar refractivity (Wildman–Crippen MR) is 104 cm³/mol. The van der Waals surface area contributed by atoms with Crippen LogP contribution in [-0.2, 0) is 17.0 Å². The number of benzene rings is 2. The summed E-state index contributed by atoms with van der Waals surface area (Å²) < 4.78 is 5.67. The molecule has 0 aromatic heterocycles. The number of nitrogens with zero attached hydrogens (tertiary/aromatic N) is 1. The molecular weight excluding hydrogens is 368 g/mol. The number of amides is 1. The number of nitriles is 1. The molecule has 0 bridgehead atoms. The molecule has 1 N–H and O–H groups in total. The second kappa shape index (κ2) is 8.98. The zero-order valence-corrected chi connectivity index (χ0v) is 15.8. The number of fused-ring (bicyclic) bond motifs is 1. The number of thioether (sulfide) groups is 1. The van der Waals surface area contributed by atoms with Gasteiger partial charge < -0.3 is 10.1 Å². The van der Waals surface area contributed by atoms with E-state index in [0.29, 0.717) is 30.2 Å². The number of hydrogen-bond acceptors (Lipinski definition) is 4. The smallest absolute Gasteiger partial charge is 0.226 e. The van der Waals surface area contributed by atoms with E-state index in [1.165, 1.54) is 0 Å². The van der Waals surface area contributed by atoms with Crippen molar-refractivity contribution < 1.29 is 9.53 Å². The van der Waals surface area contributed by atoms with Crippen molar-refractivity contribution in [3.63, 3.8) is 0 Å². The normalized spacial score (nSPS) is 15.5. The van der Waals surface area contributed by atoms with Crippen LogP contribution < -0.4 is 10.1 Å².